The van der Waals surface area contributed by atoms with E-state index in [1.807, 2.05) is 0 Å². The number of nitriles is 1. The highest BCUT2D eigenvalue weighted by atomic mass is 15.1. The van der Waals surface area contributed by atoms with Crippen molar-refractivity contribution < 1.29 is 0 Å². The Bertz CT molecular complexity index is 190. The highest BCUT2D eigenvalue weighted by Gasteiger charge is 2.44. The van der Waals surface area contributed by atoms with Crippen LogP contribution in [0.2, 0.25) is 0 Å². The van der Waals surface area contributed by atoms with Gasteiger partial charge in [0.2, 0.25) is 0 Å². The van der Waals surface area contributed by atoms with Crippen molar-refractivity contribution in [3.05, 3.63) is 0 Å². The Labute approximate surface area is 74.2 Å². The molecule has 1 aliphatic carbocycles. The summed E-state index contributed by atoms with van der Waals surface area (Å²) in [5.41, 5.74) is 0.781. The van der Waals surface area contributed by atoms with E-state index in [0.717, 1.165) is 12.0 Å². The molecule has 66 valence electrons. The van der Waals surface area contributed by atoms with Gasteiger partial charge in [-0.3, -0.25) is 0 Å². The van der Waals surface area contributed by atoms with Gasteiger partial charge in [-0.1, -0.05) is 0 Å². The van der Waals surface area contributed by atoms with Gasteiger partial charge < -0.3 is 4.90 Å². The summed E-state index contributed by atoms with van der Waals surface area (Å²) < 4.78 is 0. The minimum atomic E-state index is 0.701. The van der Waals surface area contributed by atoms with Gasteiger partial charge in [0.25, 0.3) is 0 Å². The fraction of sp³-hybridized carbons (Fsp3) is 0.900. The van der Waals surface area contributed by atoms with Crippen LogP contribution in [0.3, 0.4) is 0 Å². The van der Waals surface area contributed by atoms with Crippen molar-refractivity contribution in [2.24, 2.45) is 5.41 Å². The predicted octanol–water partition coefficient (Wildman–Crippen LogP) is 1.78. The fourth-order valence-electron chi connectivity index (χ4n) is 2.14. The van der Waals surface area contributed by atoms with E-state index in [0.29, 0.717) is 6.42 Å². The Kier molecular flexibility index (Phi) is 2.06. The molecule has 1 heterocycles. The zero-order valence-electron chi connectivity index (χ0n) is 7.55. The van der Waals surface area contributed by atoms with Crippen LogP contribution in [0.25, 0.3) is 0 Å². The first-order valence-corrected chi connectivity index (χ1v) is 4.94. The quantitative estimate of drug-likeness (QED) is 0.622. The van der Waals surface area contributed by atoms with E-state index in [1.165, 1.54) is 38.8 Å². The Morgan fingerprint density at radius 3 is 2.33 bits per heavy atom. The van der Waals surface area contributed by atoms with Crippen molar-refractivity contribution in [1.29, 1.82) is 5.26 Å². The van der Waals surface area contributed by atoms with Gasteiger partial charge in [0.05, 0.1) is 6.07 Å². The van der Waals surface area contributed by atoms with Crippen LogP contribution in [0.1, 0.15) is 32.1 Å². The van der Waals surface area contributed by atoms with Crippen LogP contribution < -0.4 is 0 Å². The van der Waals surface area contributed by atoms with Crippen molar-refractivity contribution in [2.75, 3.05) is 19.6 Å². The largest absolute Gasteiger partial charge is 0.302 e. The lowest BCUT2D eigenvalue weighted by Crippen LogP contribution is -2.34. The van der Waals surface area contributed by atoms with Gasteiger partial charge in [0.1, 0.15) is 0 Å². The lowest BCUT2D eigenvalue weighted by atomic mass is 9.94. The first-order valence-electron chi connectivity index (χ1n) is 4.94. The first kappa shape index (κ1) is 8.07. The first-order chi connectivity index (χ1) is 5.85. The topological polar surface area (TPSA) is 27.0 Å². The summed E-state index contributed by atoms with van der Waals surface area (Å²) >= 11 is 0. The van der Waals surface area contributed by atoms with Crippen molar-refractivity contribution in [3.8, 4) is 6.07 Å². The van der Waals surface area contributed by atoms with E-state index in [1.54, 1.807) is 0 Å². The summed E-state index contributed by atoms with van der Waals surface area (Å²) in [6.07, 6.45) is 6.42. The lowest BCUT2D eigenvalue weighted by molar-refractivity contribution is 0.176. The molecule has 0 radical (unpaired) electrons. The van der Waals surface area contributed by atoms with Crippen molar-refractivity contribution >= 4 is 0 Å². The Balaban J connectivity index is 1.72. The highest BCUT2D eigenvalue weighted by molar-refractivity contribution is 4.96. The van der Waals surface area contributed by atoms with E-state index in [9.17, 15) is 0 Å². The van der Waals surface area contributed by atoms with Crippen molar-refractivity contribution in [1.82, 2.24) is 4.90 Å². The van der Waals surface area contributed by atoms with E-state index < -0.39 is 0 Å². The van der Waals surface area contributed by atoms with Crippen LogP contribution in [0.15, 0.2) is 0 Å². The predicted molar refractivity (Wildman–Crippen MR) is 47.6 cm³/mol. The molecule has 1 aliphatic heterocycles. The van der Waals surface area contributed by atoms with Crippen molar-refractivity contribution in [3.63, 3.8) is 0 Å². The normalized spacial score (nSPS) is 26.9. The lowest BCUT2D eigenvalue weighted by Gasteiger charge is -2.31. The minimum Gasteiger partial charge on any atom is -0.302 e. The second-order valence-electron chi connectivity index (χ2n) is 4.25. The van der Waals surface area contributed by atoms with Gasteiger partial charge >= 0.3 is 0 Å². The van der Waals surface area contributed by atoms with Crippen molar-refractivity contribution in [2.45, 2.75) is 32.1 Å². The molecule has 0 aromatic rings. The number of piperidine rings is 1. The molecule has 2 heteroatoms. The number of hydrogen-bond donors (Lipinski definition) is 0. The van der Waals surface area contributed by atoms with Gasteiger partial charge in [0.15, 0.2) is 0 Å². The van der Waals surface area contributed by atoms with Crippen LogP contribution in [0.4, 0.5) is 0 Å². The molecule has 12 heavy (non-hydrogen) atoms. The summed E-state index contributed by atoms with van der Waals surface area (Å²) in [4.78, 5) is 2.44. The van der Waals surface area contributed by atoms with Crippen LogP contribution >= 0.6 is 0 Å². The van der Waals surface area contributed by atoms with Crippen LogP contribution in [0.5, 0.6) is 0 Å². The maximum absolute atomic E-state index is 8.44. The summed E-state index contributed by atoms with van der Waals surface area (Å²) in [7, 11) is 0. The van der Waals surface area contributed by atoms with Gasteiger partial charge in [0, 0.05) is 13.0 Å². The molecule has 0 bridgehead atoms. The van der Waals surface area contributed by atoms with E-state index in [4.69, 9.17) is 5.26 Å². The third-order valence-electron chi connectivity index (χ3n) is 3.41. The Morgan fingerprint density at radius 1 is 1.17 bits per heavy atom. The monoisotopic (exact) mass is 164 g/mol. The second-order valence-corrected chi connectivity index (χ2v) is 4.25. The van der Waals surface area contributed by atoms with E-state index in [-0.39, 0.29) is 0 Å². The minimum absolute atomic E-state index is 0.701. The Morgan fingerprint density at radius 2 is 1.83 bits per heavy atom. The molecule has 2 fully saturated rings. The summed E-state index contributed by atoms with van der Waals surface area (Å²) in [6.45, 7) is 3.47. The summed E-state index contributed by atoms with van der Waals surface area (Å²) in [6, 6.07) is 2.21. The second kappa shape index (κ2) is 3.06. The molecule has 0 N–H and O–H groups in total. The van der Waals surface area contributed by atoms with Crippen LogP contribution in [0, 0.1) is 16.7 Å². The number of nitrogens with zero attached hydrogens (tertiary/aromatic N) is 2. The standard InChI is InChI=1S/C10H16N2/c11-6-1-7-12-8-4-10(2-3-10)5-9-12/h1-5,7-9H2. The molecular formula is C10H16N2. The zero-order chi connectivity index (χ0) is 8.44. The average molecular weight is 164 g/mol. The van der Waals surface area contributed by atoms with Gasteiger partial charge in [-0.05, 0) is 44.2 Å². The van der Waals surface area contributed by atoms with Gasteiger partial charge in [-0.15, -0.1) is 0 Å². The zero-order valence-corrected chi connectivity index (χ0v) is 7.55. The highest BCUT2D eigenvalue weighted by Crippen LogP contribution is 2.53. The molecule has 2 aliphatic rings. The van der Waals surface area contributed by atoms with Crippen LogP contribution in [-0.2, 0) is 0 Å². The number of hydrogen-bond acceptors (Lipinski definition) is 2. The molecule has 1 saturated carbocycles. The van der Waals surface area contributed by atoms with Gasteiger partial charge in [-0.2, -0.15) is 5.26 Å². The molecule has 0 atom stereocenters. The molecule has 0 aromatic carbocycles. The average Bonchev–Trinajstić information content (AvgIpc) is 2.85. The van der Waals surface area contributed by atoms with E-state index >= 15 is 0 Å². The SMILES string of the molecule is N#CCCN1CCC2(CC1)CC2. The molecule has 0 aromatic heterocycles. The molecule has 2 nitrogen and oxygen atoms in total. The number of likely N-dealkylation sites (tertiary alicyclic amines) is 1. The Hall–Kier alpha value is -0.550. The molecular weight excluding hydrogens is 148 g/mol. The maximum atomic E-state index is 8.44. The summed E-state index contributed by atoms with van der Waals surface area (Å²) in [5, 5.41) is 8.44. The third kappa shape index (κ3) is 1.61. The molecule has 1 spiro atoms. The van der Waals surface area contributed by atoms with Gasteiger partial charge in [-0.25, -0.2) is 0 Å². The fourth-order valence-corrected chi connectivity index (χ4v) is 2.14. The molecule has 0 amide bonds. The van der Waals surface area contributed by atoms with E-state index in [2.05, 4.69) is 11.0 Å². The number of rotatable bonds is 2. The molecule has 0 unspecified atom stereocenters. The molecule has 2 rings (SSSR count). The van der Waals surface area contributed by atoms with Crippen LogP contribution in [-0.4, -0.2) is 24.5 Å². The summed E-state index contributed by atoms with van der Waals surface area (Å²) in [5.74, 6) is 0. The third-order valence-corrected chi connectivity index (χ3v) is 3.41. The molecule has 1 saturated heterocycles. The smallest absolute Gasteiger partial charge is 0.0635 e. The maximum Gasteiger partial charge on any atom is 0.0635 e.